The van der Waals surface area contributed by atoms with E-state index in [0.717, 1.165) is 25.3 Å². The first kappa shape index (κ1) is 12.0. The SMILES string of the molecule is CCN1CCN=C(c2ccccc2)c2ccccc21. The van der Waals surface area contributed by atoms with Gasteiger partial charge in [0.25, 0.3) is 0 Å². The zero-order valence-electron chi connectivity index (χ0n) is 11.2. The average Bonchev–Trinajstić information content (AvgIpc) is 2.67. The molecule has 96 valence electrons. The Kier molecular flexibility index (Phi) is 3.32. The smallest absolute Gasteiger partial charge is 0.0740 e. The molecule has 0 aliphatic carbocycles. The zero-order valence-corrected chi connectivity index (χ0v) is 11.2. The number of benzene rings is 2. The number of para-hydroxylation sites is 1. The summed E-state index contributed by atoms with van der Waals surface area (Å²) in [6.07, 6.45) is 0. The molecule has 2 aromatic rings. The summed E-state index contributed by atoms with van der Waals surface area (Å²) in [6, 6.07) is 19.0. The largest absolute Gasteiger partial charge is 0.369 e. The monoisotopic (exact) mass is 250 g/mol. The van der Waals surface area contributed by atoms with Crippen molar-refractivity contribution in [3.05, 3.63) is 65.7 Å². The third-order valence-corrected chi connectivity index (χ3v) is 3.57. The number of hydrogen-bond donors (Lipinski definition) is 0. The first-order valence-electron chi connectivity index (χ1n) is 6.84. The predicted octanol–water partition coefficient (Wildman–Crippen LogP) is 3.36. The molecule has 0 N–H and O–H groups in total. The summed E-state index contributed by atoms with van der Waals surface area (Å²) in [5.74, 6) is 0. The Bertz CT molecular complexity index is 587. The molecule has 0 amide bonds. The third-order valence-electron chi connectivity index (χ3n) is 3.57. The number of aliphatic imine (C=N–C) groups is 1. The summed E-state index contributed by atoms with van der Waals surface area (Å²) >= 11 is 0. The molecule has 2 heteroatoms. The molecule has 2 aromatic carbocycles. The van der Waals surface area contributed by atoms with E-state index in [2.05, 4.69) is 60.4 Å². The van der Waals surface area contributed by atoms with Gasteiger partial charge in [-0.15, -0.1) is 0 Å². The minimum Gasteiger partial charge on any atom is -0.369 e. The van der Waals surface area contributed by atoms with Crippen molar-refractivity contribution in [2.75, 3.05) is 24.5 Å². The van der Waals surface area contributed by atoms with Crippen molar-refractivity contribution in [1.82, 2.24) is 0 Å². The molecule has 0 aromatic heterocycles. The highest BCUT2D eigenvalue weighted by atomic mass is 15.1. The van der Waals surface area contributed by atoms with E-state index in [4.69, 9.17) is 4.99 Å². The molecule has 0 saturated carbocycles. The summed E-state index contributed by atoms with van der Waals surface area (Å²) in [6.45, 7) is 5.06. The molecule has 0 spiro atoms. The van der Waals surface area contributed by atoms with Gasteiger partial charge in [0.05, 0.1) is 12.3 Å². The van der Waals surface area contributed by atoms with Crippen LogP contribution in [0.2, 0.25) is 0 Å². The van der Waals surface area contributed by atoms with Gasteiger partial charge in [-0.3, -0.25) is 4.99 Å². The van der Waals surface area contributed by atoms with Crippen LogP contribution in [0.1, 0.15) is 18.1 Å². The summed E-state index contributed by atoms with van der Waals surface area (Å²) < 4.78 is 0. The second-order valence-corrected chi connectivity index (χ2v) is 4.69. The van der Waals surface area contributed by atoms with Crippen LogP contribution < -0.4 is 4.90 Å². The van der Waals surface area contributed by atoms with Crippen LogP contribution >= 0.6 is 0 Å². The summed E-state index contributed by atoms with van der Waals surface area (Å²) in [7, 11) is 0. The number of anilines is 1. The van der Waals surface area contributed by atoms with Crippen molar-refractivity contribution in [2.24, 2.45) is 4.99 Å². The molecule has 0 fully saturated rings. The van der Waals surface area contributed by atoms with Crippen LogP contribution in [-0.2, 0) is 0 Å². The number of benzodiazepines with no additional fused rings is 1. The minimum absolute atomic E-state index is 0.854. The van der Waals surface area contributed by atoms with Gasteiger partial charge in [-0.05, 0) is 13.0 Å². The first-order chi connectivity index (χ1) is 9.40. The van der Waals surface area contributed by atoms with Gasteiger partial charge in [0.2, 0.25) is 0 Å². The average molecular weight is 250 g/mol. The van der Waals surface area contributed by atoms with Crippen molar-refractivity contribution < 1.29 is 0 Å². The molecule has 3 rings (SSSR count). The Morgan fingerprint density at radius 1 is 1.00 bits per heavy atom. The molecule has 19 heavy (non-hydrogen) atoms. The number of nitrogens with zero attached hydrogens (tertiary/aromatic N) is 2. The zero-order chi connectivity index (χ0) is 13.1. The maximum Gasteiger partial charge on any atom is 0.0740 e. The van der Waals surface area contributed by atoms with Gasteiger partial charge in [-0.1, -0.05) is 48.5 Å². The van der Waals surface area contributed by atoms with Crippen molar-refractivity contribution in [2.45, 2.75) is 6.92 Å². The van der Waals surface area contributed by atoms with Gasteiger partial charge in [-0.2, -0.15) is 0 Å². The second kappa shape index (κ2) is 5.27. The Balaban J connectivity index is 2.13. The van der Waals surface area contributed by atoms with Gasteiger partial charge >= 0.3 is 0 Å². The molecule has 0 radical (unpaired) electrons. The fraction of sp³-hybridized carbons (Fsp3) is 0.235. The lowest BCUT2D eigenvalue weighted by molar-refractivity contribution is 0.825. The third kappa shape index (κ3) is 2.26. The number of likely N-dealkylation sites (N-methyl/N-ethyl adjacent to an activating group) is 1. The molecular formula is C17H18N2. The van der Waals surface area contributed by atoms with Gasteiger partial charge in [0.15, 0.2) is 0 Å². The first-order valence-corrected chi connectivity index (χ1v) is 6.84. The Morgan fingerprint density at radius 3 is 2.53 bits per heavy atom. The fourth-order valence-electron chi connectivity index (χ4n) is 2.61. The fourth-order valence-corrected chi connectivity index (χ4v) is 2.61. The number of hydrogen-bond acceptors (Lipinski definition) is 2. The van der Waals surface area contributed by atoms with Crippen molar-refractivity contribution >= 4 is 11.4 Å². The molecule has 0 atom stereocenters. The quantitative estimate of drug-likeness (QED) is 0.798. The van der Waals surface area contributed by atoms with E-state index >= 15 is 0 Å². The van der Waals surface area contributed by atoms with Crippen molar-refractivity contribution in [1.29, 1.82) is 0 Å². The number of rotatable bonds is 2. The highest BCUT2D eigenvalue weighted by Crippen LogP contribution is 2.25. The van der Waals surface area contributed by atoms with E-state index in [-0.39, 0.29) is 0 Å². The second-order valence-electron chi connectivity index (χ2n) is 4.69. The van der Waals surface area contributed by atoms with Crippen LogP contribution in [-0.4, -0.2) is 25.3 Å². The van der Waals surface area contributed by atoms with Crippen molar-refractivity contribution in [3.63, 3.8) is 0 Å². The molecule has 2 nitrogen and oxygen atoms in total. The lowest BCUT2D eigenvalue weighted by Gasteiger charge is -2.22. The highest BCUT2D eigenvalue weighted by Gasteiger charge is 2.17. The van der Waals surface area contributed by atoms with Gasteiger partial charge < -0.3 is 4.90 Å². The molecular weight excluding hydrogens is 232 g/mol. The topological polar surface area (TPSA) is 15.6 Å². The van der Waals surface area contributed by atoms with E-state index < -0.39 is 0 Å². The molecule has 1 aliphatic rings. The van der Waals surface area contributed by atoms with Crippen LogP contribution in [0.15, 0.2) is 59.6 Å². The predicted molar refractivity (Wildman–Crippen MR) is 81.3 cm³/mol. The van der Waals surface area contributed by atoms with Gasteiger partial charge in [0.1, 0.15) is 0 Å². The summed E-state index contributed by atoms with van der Waals surface area (Å²) in [4.78, 5) is 7.21. The van der Waals surface area contributed by atoms with E-state index in [0.29, 0.717) is 0 Å². The van der Waals surface area contributed by atoms with Crippen LogP contribution in [0.5, 0.6) is 0 Å². The standard InChI is InChI=1S/C17H18N2/c1-2-19-13-12-18-17(14-8-4-3-5-9-14)15-10-6-7-11-16(15)19/h3-11H,2,12-13H2,1H3. The van der Waals surface area contributed by atoms with E-state index in [1.165, 1.54) is 16.8 Å². The molecule has 0 bridgehead atoms. The minimum atomic E-state index is 0.854. The van der Waals surface area contributed by atoms with Crippen molar-refractivity contribution in [3.8, 4) is 0 Å². The Labute approximate surface area is 114 Å². The Hall–Kier alpha value is -2.09. The van der Waals surface area contributed by atoms with Gasteiger partial charge in [-0.25, -0.2) is 0 Å². The van der Waals surface area contributed by atoms with Crippen LogP contribution in [0, 0.1) is 0 Å². The van der Waals surface area contributed by atoms with Crippen LogP contribution in [0.25, 0.3) is 0 Å². The summed E-state index contributed by atoms with van der Waals surface area (Å²) in [5, 5.41) is 0. The van der Waals surface area contributed by atoms with E-state index in [1.54, 1.807) is 0 Å². The maximum absolute atomic E-state index is 4.81. The molecule has 0 saturated heterocycles. The van der Waals surface area contributed by atoms with E-state index in [1.807, 2.05) is 6.07 Å². The molecule has 1 aliphatic heterocycles. The van der Waals surface area contributed by atoms with Crippen LogP contribution in [0.4, 0.5) is 5.69 Å². The number of fused-ring (bicyclic) bond motifs is 1. The highest BCUT2D eigenvalue weighted by molar-refractivity contribution is 6.16. The van der Waals surface area contributed by atoms with E-state index in [9.17, 15) is 0 Å². The lowest BCUT2D eigenvalue weighted by atomic mass is 10.0. The Morgan fingerprint density at radius 2 is 1.74 bits per heavy atom. The summed E-state index contributed by atoms with van der Waals surface area (Å²) in [5.41, 5.74) is 4.86. The lowest BCUT2D eigenvalue weighted by Crippen LogP contribution is -2.25. The molecule has 0 unspecified atom stereocenters. The normalized spacial score (nSPS) is 14.6. The van der Waals surface area contributed by atoms with Crippen LogP contribution in [0.3, 0.4) is 0 Å². The van der Waals surface area contributed by atoms with Gasteiger partial charge in [0, 0.05) is 29.9 Å². The molecule has 1 heterocycles. The maximum atomic E-state index is 4.81.